The Kier molecular flexibility index (Phi) is 10.3. The highest BCUT2D eigenvalue weighted by Crippen LogP contribution is 2.67. The van der Waals surface area contributed by atoms with Gasteiger partial charge in [0.15, 0.2) is 18.9 Å². The lowest BCUT2D eigenvalue weighted by Gasteiger charge is -2.64. The summed E-state index contributed by atoms with van der Waals surface area (Å²) in [5, 5.41) is 65.6. The van der Waals surface area contributed by atoms with Gasteiger partial charge in [-0.2, -0.15) is 0 Å². The highest BCUT2D eigenvalue weighted by Gasteiger charge is 2.67. The molecule has 0 spiro atoms. The predicted molar refractivity (Wildman–Crippen MR) is 175 cm³/mol. The number of rotatable bonds is 6. The van der Waals surface area contributed by atoms with Crippen LogP contribution in [0.1, 0.15) is 112 Å². The van der Waals surface area contributed by atoms with Crippen molar-refractivity contribution in [3.05, 3.63) is 0 Å². The van der Waals surface area contributed by atoms with Gasteiger partial charge in [-0.3, -0.25) is 0 Å². The van der Waals surface area contributed by atoms with E-state index in [0.717, 1.165) is 57.8 Å². The van der Waals surface area contributed by atoms with Gasteiger partial charge in [-0.05, 0) is 102 Å². The normalized spacial score (nSPS) is 58.0. The summed E-state index contributed by atoms with van der Waals surface area (Å²) in [4.78, 5) is 0. The van der Waals surface area contributed by atoms with Crippen LogP contribution in [0.3, 0.4) is 0 Å². The van der Waals surface area contributed by atoms with Crippen molar-refractivity contribution >= 4 is 0 Å². The van der Waals surface area contributed by atoms with Crippen LogP contribution in [0.25, 0.3) is 0 Å². The standard InChI is InChI=1S/C37H62O12/c1-18-32(42)25(38)15-30(44-18)48-34-20(3)46-31(17-27(34)40)49-33-19(2)45-29(16-26(33)39)47-22-9-12-35(4)21(13-22)7-8-23-24(35)14-28(41)36(5)10-6-11-37(23,36)43/h18-34,38-43H,6-17H2,1-5H3/t18?,19?,20?,21-,22+,23-,24+,25-,26-,27-,28-,29+,30+,31-,32?,33?,34?,35+,36+,37+/m1/s1. The summed E-state index contributed by atoms with van der Waals surface area (Å²) in [6.07, 6.45) is -0.594. The molecule has 0 radical (unpaired) electrons. The monoisotopic (exact) mass is 698 g/mol. The van der Waals surface area contributed by atoms with Gasteiger partial charge in [0.1, 0.15) is 18.3 Å². The second kappa shape index (κ2) is 13.7. The zero-order valence-corrected chi connectivity index (χ0v) is 29.9. The molecule has 3 heterocycles. The Bertz CT molecular complexity index is 1120. The summed E-state index contributed by atoms with van der Waals surface area (Å²) in [5.41, 5.74) is -1.11. The van der Waals surface area contributed by atoms with E-state index >= 15 is 0 Å². The lowest BCUT2D eigenvalue weighted by molar-refractivity contribution is -0.336. The summed E-state index contributed by atoms with van der Waals surface area (Å²) in [7, 11) is 0. The molecule has 7 fully saturated rings. The Morgan fingerprint density at radius 1 is 0.592 bits per heavy atom. The fourth-order valence-corrected chi connectivity index (χ4v) is 11.6. The summed E-state index contributed by atoms with van der Waals surface area (Å²) in [5.74, 6) is 0.997. The van der Waals surface area contributed by atoms with Crippen LogP contribution in [0.15, 0.2) is 0 Å². The van der Waals surface area contributed by atoms with E-state index in [1.165, 1.54) is 0 Å². The third-order valence-electron chi connectivity index (χ3n) is 14.6. The zero-order valence-electron chi connectivity index (χ0n) is 29.9. The smallest absolute Gasteiger partial charge is 0.161 e. The van der Waals surface area contributed by atoms with E-state index in [4.69, 9.17) is 28.4 Å². The van der Waals surface area contributed by atoms with Crippen LogP contribution in [0.2, 0.25) is 0 Å². The first-order valence-electron chi connectivity index (χ1n) is 19.2. The van der Waals surface area contributed by atoms with Gasteiger partial charge in [0.05, 0.1) is 54.4 Å². The minimum Gasteiger partial charge on any atom is -0.392 e. The number of ether oxygens (including phenoxy) is 6. The van der Waals surface area contributed by atoms with Gasteiger partial charge >= 0.3 is 0 Å². The van der Waals surface area contributed by atoms with Crippen molar-refractivity contribution < 1.29 is 59.1 Å². The molecule has 7 aliphatic rings. The van der Waals surface area contributed by atoms with Gasteiger partial charge in [-0.25, -0.2) is 0 Å². The van der Waals surface area contributed by atoms with Crippen LogP contribution >= 0.6 is 0 Å². The molecule has 4 aliphatic carbocycles. The van der Waals surface area contributed by atoms with Gasteiger partial charge in [0.25, 0.3) is 0 Å². The average molecular weight is 699 g/mol. The molecule has 12 heteroatoms. The topological polar surface area (TPSA) is 177 Å². The lowest BCUT2D eigenvalue weighted by atomic mass is 9.43. The summed E-state index contributed by atoms with van der Waals surface area (Å²) in [6, 6.07) is 0. The molecule has 0 aromatic heterocycles. The Morgan fingerprint density at radius 2 is 1.16 bits per heavy atom. The maximum Gasteiger partial charge on any atom is 0.161 e. The first kappa shape index (κ1) is 36.9. The van der Waals surface area contributed by atoms with Crippen molar-refractivity contribution in [1.29, 1.82) is 0 Å². The second-order valence-corrected chi connectivity index (χ2v) is 17.4. The van der Waals surface area contributed by atoms with Crippen LogP contribution in [-0.4, -0.2) is 122 Å². The van der Waals surface area contributed by atoms with E-state index in [1.807, 2.05) is 6.92 Å². The molecule has 49 heavy (non-hydrogen) atoms. The van der Waals surface area contributed by atoms with Crippen LogP contribution < -0.4 is 0 Å². The van der Waals surface area contributed by atoms with E-state index in [2.05, 4.69) is 13.8 Å². The van der Waals surface area contributed by atoms with E-state index in [0.29, 0.717) is 11.8 Å². The molecular formula is C37H62O12. The number of hydrogen-bond acceptors (Lipinski definition) is 12. The van der Waals surface area contributed by atoms with E-state index in [-0.39, 0.29) is 36.7 Å². The molecule has 3 aliphatic heterocycles. The van der Waals surface area contributed by atoms with E-state index < -0.39 is 90.9 Å². The summed E-state index contributed by atoms with van der Waals surface area (Å²) in [6.45, 7) is 9.79. The molecule has 6 N–H and O–H groups in total. The van der Waals surface area contributed by atoms with Crippen LogP contribution in [-0.2, 0) is 28.4 Å². The molecule has 3 saturated heterocycles. The highest BCUT2D eigenvalue weighted by atomic mass is 16.7. The molecule has 6 unspecified atom stereocenters. The number of aliphatic hydroxyl groups is 6. The van der Waals surface area contributed by atoms with Gasteiger partial charge in [-0.15, -0.1) is 0 Å². The van der Waals surface area contributed by atoms with Gasteiger partial charge in [0, 0.05) is 24.7 Å². The third kappa shape index (κ3) is 6.45. The first-order chi connectivity index (χ1) is 23.1. The zero-order chi connectivity index (χ0) is 35.0. The Morgan fingerprint density at radius 3 is 1.76 bits per heavy atom. The quantitative estimate of drug-likeness (QED) is 0.224. The minimum atomic E-state index is -0.992. The van der Waals surface area contributed by atoms with Crippen LogP contribution in [0.4, 0.5) is 0 Å². The van der Waals surface area contributed by atoms with Crippen molar-refractivity contribution in [2.24, 2.45) is 28.6 Å². The SMILES string of the molecule is CC1O[C@@H](OC2C(C)O[C@H](OC3C(C)O[C@@H](O[C@H]4CC[C@@]5(C)[C@H](CC[C@@H]6[C@@H]5C[C@@H](O)[C@]5(C)CCC[C@]65O)C4)C[C@H]3O)C[C@H]2O)C[C@@H](O)C1O. The molecule has 20 atom stereocenters. The predicted octanol–water partition coefficient (Wildman–Crippen LogP) is 2.51. The number of fused-ring (bicyclic) bond motifs is 5. The Labute approximate surface area is 290 Å². The van der Waals surface area contributed by atoms with Crippen molar-refractivity contribution in [2.75, 3.05) is 0 Å². The second-order valence-electron chi connectivity index (χ2n) is 17.4. The Balaban J connectivity index is 0.899. The largest absolute Gasteiger partial charge is 0.392 e. The van der Waals surface area contributed by atoms with Crippen molar-refractivity contribution in [3.8, 4) is 0 Å². The number of aliphatic hydroxyl groups excluding tert-OH is 5. The van der Waals surface area contributed by atoms with E-state index in [9.17, 15) is 30.6 Å². The first-order valence-corrected chi connectivity index (χ1v) is 19.2. The molecule has 7 rings (SSSR count). The minimum absolute atomic E-state index is 0.0138. The van der Waals surface area contributed by atoms with Gasteiger partial charge < -0.3 is 59.1 Å². The molecule has 12 nitrogen and oxygen atoms in total. The summed E-state index contributed by atoms with van der Waals surface area (Å²) < 4.78 is 36.7. The average Bonchev–Trinajstić information content (AvgIpc) is 3.36. The maximum absolute atomic E-state index is 12.0. The fourth-order valence-electron chi connectivity index (χ4n) is 11.6. The lowest BCUT2D eigenvalue weighted by Crippen LogP contribution is -2.65. The third-order valence-corrected chi connectivity index (χ3v) is 14.6. The molecule has 4 saturated carbocycles. The van der Waals surface area contributed by atoms with Gasteiger partial charge in [-0.1, -0.05) is 13.8 Å². The molecular weight excluding hydrogens is 636 g/mol. The highest BCUT2D eigenvalue weighted by molar-refractivity contribution is 5.17. The van der Waals surface area contributed by atoms with Gasteiger partial charge in [0.2, 0.25) is 0 Å². The maximum atomic E-state index is 12.0. The van der Waals surface area contributed by atoms with Crippen LogP contribution in [0.5, 0.6) is 0 Å². The molecule has 282 valence electrons. The number of hydrogen-bond donors (Lipinski definition) is 6. The molecule has 0 aromatic carbocycles. The molecule has 0 bridgehead atoms. The van der Waals surface area contributed by atoms with Crippen molar-refractivity contribution in [1.82, 2.24) is 0 Å². The fraction of sp³-hybridized carbons (Fsp3) is 1.00. The molecule has 0 aromatic rings. The van der Waals surface area contributed by atoms with Crippen molar-refractivity contribution in [2.45, 2.75) is 203 Å². The van der Waals surface area contributed by atoms with E-state index in [1.54, 1.807) is 13.8 Å². The summed E-state index contributed by atoms with van der Waals surface area (Å²) >= 11 is 0. The van der Waals surface area contributed by atoms with Crippen molar-refractivity contribution in [3.63, 3.8) is 0 Å². The van der Waals surface area contributed by atoms with Crippen LogP contribution in [0, 0.1) is 28.6 Å². The molecule has 0 amide bonds. The Hall–Kier alpha value is -0.480.